The van der Waals surface area contributed by atoms with E-state index in [1.807, 2.05) is 45.0 Å². The molecule has 1 aliphatic heterocycles. The Labute approximate surface area is 161 Å². The topological polar surface area (TPSA) is 78.5 Å². The maximum Gasteiger partial charge on any atom is 0.243 e. The molecule has 148 valence electrons. The summed E-state index contributed by atoms with van der Waals surface area (Å²) >= 11 is 0. The Hall–Kier alpha value is -2.37. The van der Waals surface area contributed by atoms with Crippen molar-refractivity contribution in [2.24, 2.45) is 5.92 Å². The van der Waals surface area contributed by atoms with Crippen LogP contribution in [0.5, 0.6) is 0 Å². The third-order valence-corrected chi connectivity index (χ3v) is 4.96. The number of likely N-dealkylation sites (tertiary alicyclic amines) is 1. The molecule has 1 aliphatic rings. The van der Waals surface area contributed by atoms with Crippen LogP contribution in [0.4, 0.5) is 5.69 Å². The number of hydrogen-bond acceptors (Lipinski definition) is 3. The molecule has 0 saturated carbocycles. The molecule has 1 fully saturated rings. The van der Waals surface area contributed by atoms with Crippen molar-refractivity contribution in [2.75, 3.05) is 11.9 Å². The summed E-state index contributed by atoms with van der Waals surface area (Å²) in [5, 5.41) is 5.85. The summed E-state index contributed by atoms with van der Waals surface area (Å²) in [6, 6.07) is 6.90. The van der Waals surface area contributed by atoms with Crippen LogP contribution in [0.25, 0.3) is 0 Å². The minimum absolute atomic E-state index is 0.0312. The highest BCUT2D eigenvalue weighted by molar-refractivity contribution is 5.90. The maximum atomic E-state index is 12.8. The molecule has 0 radical (unpaired) electrons. The van der Waals surface area contributed by atoms with E-state index in [1.165, 1.54) is 0 Å². The first-order chi connectivity index (χ1) is 12.8. The fraction of sp³-hybridized carbons (Fsp3) is 0.571. The van der Waals surface area contributed by atoms with Gasteiger partial charge in [-0.05, 0) is 43.9 Å². The minimum Gasteiger partial charge on any atom is -0.348 e. The third kappa shape index (κ3) is 5.55. The van der Waals surface area contributed by atoms with Crippen molar-refractivity contribution in [3.05, 3.63) is 29.8 Å². The number of benzene rings is 1. The molecule has 2 rings (SSSR count). The smallest absolute Gasteiger partial charge is 0.243 e. The Morgan fingerprint density at radius 2 is 1.78 bits per heavy atom. The number of hydrogen-bond donors (Lipinski definition) is 2. The first-order valence-corrected chi connectivity index (χ1v) is 9.84. The second kappa shape index (κ2) is 9.53. The van der Waals surface area contributed by atoms with Gasteiger partial charge in [0.2, 0.25) is 17.7 Å². The van der Waals surface area contributed by atoms with Crippen molar-refractivity contribution in [2.45, 2.75) is 65.5 Å². The Morgan fingerprint density at radius 1 is 1.11 bits per heavy atom. The second-order valence-corrected chi connectivity index (χ2v) is 7.45. The van der Waals surface area contributed by atoms with Crippen molar-refractivity contribution in [1.29, 1.82) is 0 Å². The van der Waals surface area contributed by atoms with Crippen molar-refractivity contribution < 1.29 is 14.4 Å². The molecular weight excluding hydrogens is 342 g/mol. The standard InChI is InChI=1S/C21H31N3O3/c1-5-19(25)23-17-11-9-16(10-12-17)15(4)22-20(26)18-8-6-7-13-24(18)21(27)14(2)3/h9-12,14-15,18H,5-8,13H2,1-4H3,(H,22,26)(H,23,25)/t15-,18-/m1/s1. The molecule has 0 bridgehead atoms. The fourth-order valence-corrected chi connectivity index (χ4v) is 3.30. The summed E-state index contributed by atoms with van der Waals surface area (Å²) in [5.74, 6) is -0.198. The van der Waals surface area contributed by atoms with Crippen LogP contribution in [-0.2, 0) is 14.4 Å². The van der Waals surface area contributed by atoms with Gasteiger partial charge in [-0.1, -0.05) is 32.9 Å². The highest BCUT2D eigenvalue weighted by Gasteiger charge is 2.33. The lowest BCUT2D eigenvalue weighted by molar-refractivity contribution is -0.144. The number of piperidine rings is 1. The molecule has 1 saturated heterocycles. The Morgan fingerprint density at radius 3 is 2.37 bits per heavy atom. The molecule has 2 atom stereocenters. The van der Waals surface area contributed by atoms with E-state index in [9.17, 15) is 14.4 Å². The highest BCUT2D eigenvalue weighted by Crippen LogP contribution is 2.22. The normalized spacial score (nSPS) is 18.1. The van der Waals surface area contributed by atoms with E-state index < -0.39 is 0 Å². The molecule has 1 aromatic carbocycles. The SMILES string of the molecule is CCC(=O)Nc1ccc([C@@H](C)NC(=O)[C@H]2CCCCN2C(=O)C(C)C)cc1. The van der Waals surface area contributed by atoms with Gasteiger partial charge in [0.15, 0.2) is 0 Å². The molecule has 6 heteroatoms. The largest absolute Gasteiger partial charge is 0.348 e. The first-order valence-electron chi connectivity index (χ1n) is 9.84. The zero-order chi connectivity index (χ0) is 20.0. The summed E-state index contributed by atoms with van der Waals surface area (Å²) in [6.07, 6.45) is 3.04. The maximum absolute atomic E-state index is 12.8. The number of carbonyl (C=O) groups is 3. The van der Waals surface area contributed by atoms with Crippen LogP contribution in [-0.4, -0.2) is 35.2 Å². The van der Waals surface area contributed by atoms with E-state index in [0.717, 1.165) is 24.1 Å². The molecule has 0 spiro atoms. The average molecular weight is 373 g/mol. The van der Waals surface area contributed by atoms with Crippen LogP contribution in [0.3, 0.4) is 0 Å². The zero-order valence-corrected chi connectivity index (χ0v) is 16.7. The summed E-state index contributed by atoms with van der Waals surface area (Å²) < 4.78 is 0. The molecule has 0 unspecified atom stereocenters. The van der Waals surface area contributed by atoms with Gasteiger partial charge in [-0.3, -0.25) is 14.4 Å². The van der Waals surface area contributed by atoms with Crippen LogP contribution in [0.1, 0.15) is 65.0 Å². The highest BCUT2D eigenvalue weighted by atomic mass is 16.2. The van der Waals surface area contributed by atoms with Crippen molar-refractivity contribution in [1.82, 2.24) is 10.2 Å². The molecule has 27 heavy (non-hydrogen) atoms. The third-order valence-electron chi connectivity index (χ3n) is 4.96. The fourth-order valence-electron chi connectivity index (χ4n) is 3.30. The predicted molar refractivity (Wildman–Crippen MR) is 106 cm³/mol. The summed E-state index contributed by atoms with van der Waals surface area (Å²) in [5.41, 5.74) is 1.69. The van der Waals surface area contributed by atoms with Gasteiger partial charge in [-0.25, -0.2) is 0 Å². The molecule has 0 aromatic heterocycles. The van der Waals surface area contributed by atoms with Gasteiger partial charge in [0.1, 0.15) is 6.04 Å². The van der Waals surface area contributed by atoms with Crippen LogP contribution in [0.15, 0.2) is 24.3 Å². The number of carbonyl (C=O) groups excluding carboxylic acids is 3. The van der Waals surface area contributed by atoms with Crippen LogP contribution >= 0.6 is 0 Å². The van der Waals surface area contributed by atoms with E-state index >= 15 is 0 Å². The van der Waals surface area contributed by atoms with Gasteiger partial charge in [0, 0.05) is 24.6 Å². The number of rotatable bonds is 6. The summed E-state index contributed by atoms with van der Waals surface area (Å²) in [7, 11) is 0. The van der Waals surface area contributed by atoms with Gasteiger partial charge < -0.3 is 15.5 Å². The van der Waals surface area contributed by atoms with Crippen molar-refractivity contribution in [3.8, 4) is 0 Å². The lowest BCUT2D eigenvalue weighted by atomic mass is 9.98. The molecule has 0 aliphatic carbocycles. The predicted octanol–water partition coefficient (Wildman–Crippen LogP) is 3.25. The average Bonchev–Trinajstić information content (AvgIpc) is 2.67. The van der Waals surface area contributed by atoms with Crippen LogP contribution < -0.4 is 10.6 Å². The van der Waals surface area contributed by atoms with Gasteiger partial charge in [-0.2, -0.15) is 0 Å². The van der Waals surface area contributed by atoms with Gasteiger partial charge in [-0.15, -0.1) is 0 Å². The quantitative estimate of drug-likeness (QED) is 0.803. The molecule has 3 amide bonds. The van der Waals surface area contributed by atoms with Crippen molar-refractivity contribution >= 4 is 23.4 Å². The van der Waals surface area contributed by atoms with E-state index in [1.54, 1.807) is 11.8 Å². The Kier molecular flexibility index (Phi) is 7.39. The Balaban J connectivity index is 2.01. The number of anilines is 1. The minimum atomic E-state index is -0.390. The van der Waals surface area contributed by atoms with E-state index in [4.69, 9.17) is 0 Å². The molecule has 6 nitrogen and oxygen atoms in total. The summed E-state index contributed by atoms with van der Waals surface area (Å²) in [4.78, 5) is 38.4. The molecule has 2 N–H and O–H groups in total. The number of nitrogens with one attached hydrogen (secondary N) is 2. The van der Waals surface area contributed by atoms with Crippen LogP contribution in [0.2, 0.25) is 0 Å². The van der Waals surface area contributed by atoms with Gasteiger partial charge >= 0.3 is 0 Å². The molecule has 1 heterocycles. The molecular formula is C21H31N3O3. The van der Waals surface area contributed by atoms with E-state index in [-0.39, 0.29) is 35.7 Å². The monoisotopic (exact) mass is 373 g/mol. The second-order valence-electron chi connectivity index (χ2n) is 7.45. The van der Waals surface area contributed by atoms with E-state index in [0.29, 0.717) is 19.4 Å². The molecule has 1 aromatic rings. The lowest BCUT2D eigenvalue weighted by Crippen LogP contribution is -2.53. The zero-order valence-electron chi connectivity index (χ0n) is 16.7. The van der Waals surface area contributed by atoms with Gasteiger partial charge in [0.05, 0.1) is 6.04 Å². The summed E-state index contributed by atoms with van der Waals surface area (Å²) in [6.45, 7) is 8.12. The first kappa shape index (κ1) is 20.9. The lowest BCUT2D eigenvalue weighted by Gasteiger charge is -2.36. The number of amides is 3. The number of nitrogens with zero attached hydrogens (tertiary/aromatic N) is 1. The Bertz CT molecular complexity index is 670. The van der Waals surface area contributed by atoms with Crippen molar-refractivity contribution in [3.63, 3.8) is 0 Å². The van der Waals surface area contributed by atoms with Crippen LogP contribution in [0, 0.1) is 5.92 Å². The van der Waals surface area contributed by atoms with E-state index in [2.05, 4.69) is 10.6 Å². The van der Waals surface area contributed by atoms with Gasteiger partial charge in [0.25, 0.3) is 0 Å².